The average molecular weight is 328 g/mol. The third kappa shape index (κ3) is 3.57. The van der Waals surface area contributed by atoms with E-state index in [4.69, 9.17) is 5.73 Å². The Balaban J connectivity index is 1.65. The van der Waals surface area contributed by atoms with E-state index in [2.05, 4.69) is 0 Å². The molecule has 2 aromatic carbocycles. The molecule has 1 aliphatic heterocycles. The lowest BCUT2D eigenvalue weighted by molar-refractivity contribution is -0.0163. The highest BCUT2D eigenvalue weighted by molar-refractivity contribution is 5.94. The number of likely N-dealkylation sites (tertiary alicyclic amines) is 1. The van der Waals surface area contributed by atoms with E-state index in [0.717, 1.165) is 11.6 Å². The molecule has 0 aliphatic carbocycles. The molecular weight excluding hydrogens is 307 g/mol. The Bertz CT molecular complexity index is 725. The van der Waals surface area contributed by atoms with E-state index < -0.39 is 11.4 Å². The molecular formula is C19H21FN2O2. The maximum atomic E-state index is 13.9. The summed E-state index contributed by atoms with van der Waals surface area (Å²) in [5.74, 6) is -0.959. The Morgan fingerprint density at radius 2 is 1.83 bits per heavy atom. The van der Waals surface area contributed by atoms with Crippen molar-refractivity contribution in [3.8, 4) is 0 Å². The molecule has 1 fully saturated rings. The lowest BCUT2D eigenvalue weighted by Crippen LogP contribution is -2.47. The predicted octanol–water partition coefficient (Wildman–Crippen LogP) is 2.62. The van der Waals surface area contributed by atoms with Gasteiger partial charge in [-0.05, 0) is 36.6 Å². The van der Waals surface area contributed by atoms with Gasteiger partial charge in [0.05, 0.1) is 11.2 Å². The molecule has 2 aromatic rings. The number of rotatable bonds is 3. The number of nitrogen functional groups attached to an aromatic ring is 1. The smallest absolute Gasteiger partial charge is 0.256 e. The first-order chi connectivity index (χ1) is 11.5. The van der Waals surface area contributed by atoms with E-state index in [9.17, 15) is 14.3 Å². The first-order valence-electron chi connectivity index (χ1n) is 8.07. The third-order valence-corrected chi connectivity index (χ3v) is 4.58. The van der Waals surface area contributed by atoms with E-state index >= 15 is 0 Å². The Labute approximate surface area is 140 Å². The number of halogens is 1. The average Bonchev–Trinajstić information content (AvgIpc) is 2.55. The largest absolute Gasteiger partial charge is 0.399 e. The van der Waals surface area contributed by atoms with Crippen LogP contribution in [0.5, 0.6) is 0 Å². The molecule has 1 saturated heterocycles. The molecule has 3 N–H and O–H groups in total. The van der Waals surface area contributed by atoms with Crippen molar-refractivity contribution >= 4 is 11.6 Å². The normalized spacial score (nSPS) is 16.8. The molecule has 0 aromatic heterocycles. The fourth-order valence-electron chi connectivity index (χ4n) is 3.15. The van der Waals surface area contributed by atoms with Crippen LogP contribution in [-0.2, 0) is 6.42 Å². The van der Waals surface area contributed by atoms with Gasteiger partial charge in [-0.2, -0.15) is 0 Å². The van der Waals surface area contributed by atoms with Crippen molar-refractivity contribution < 1.29 is 14.3 Å². The summed E-state index contributed by atoms with van der Waals surface area (Å²) in [6.45, 7) is 0.817. The van der Waals surface area contributed by atoms with Crippen LogP contribution in [0, 0.1) is 5.82 Å². The summed E-state index contributed by atoms with van der Waals surface area (Å²) in [5, 5.41) is 10.8. The number of hydrogen-bond acceptors (Lipinski definition) is 3. The van der Waals surface area contributed by atoms with Gasteiger partial charge in [0, 0.05) is 25.2 Å². The van der Waals surface area contributed by atoms with Crippen molar-refractivity contribution in [1.82, 2.24) is 4.90 Å². The van der Waals surface area contributed by atoms with E-state index in [1.165, 1.54) is 12.1 Å². The zero-order valence-electron chi connectivity index (χ0n) is 13.4. The number of aliphatic hydroxyl groups is 1. The zero-order chi connectivity index (χ0) is 17.2. The second kappa shape index (κ2) is 6.61. The van der Waals surface area contributed by atoms with Crippen LogP contribution in [0.4, 0.5) is 10.1 Å². The summed E-state index contributed by atoms with van der Waals surface area (Å²) in [6.07, 6.45) is 1.51. The third-order valence-electron chi connectivity index (χ3n) is 4.58. The molecule has 0 atom stereocenters. The minimum Gasteiger partial charge on any atom is -0.399 e. The second-order valence-electron chi connectivity index (χ2n) is 6.42. The molecule has 0 unspecified atom stereocenters. The summed E-state index contributed by atoms with van der Waals surface area (Å²) >= 11 is 0. The Hall–Kier alpha value is -2.40. The summed E-state index contributed by atoms with van der Waals surface area (Å²) < 4.78 is 13.9. The molecule has 126 valence electrons. The van der Waals surface area contributed by atoms with Crippen LogP contribution < -0.4 is 5.73 Å². The second-order valence-corrected chi connectivity index (χ2v) is 6.42. The van der Waals surface area contributed by atoms with Gasteiger partial charge in [0.25, 0.3) is 5.91 Å². The molecule has 3 rings (SSSR count). The highest BCUT2D eigenvalue weighted by atomic mass is 19.1. The number of piperidine rings is 1. The Kier molecular flexibility index (Phi) is 4.53. The van der Waals surface area contributed by atoms with Crippen LogP contribution >= 0.6 is 0 Å². The maximum Gasteiger partial charge on any atom is 0.256 e. The number of anilines is 1. The zero-order valence-corrected chi connectivity index (χ0v) is 13.4. The van der Waals surface area contributed by atoms with Crippen LogP contribution in [0.2, 0.25) is 0 Å². The van der Waals surface area contributed by atoms with Gasteiger partial charge in [-0.3, -0.25) is 4.79 Å². The van der Waals surface area contributed by atoms with Gasteiger partial charge in [-0.1, -0.05) is 30.3 Å². The van der Waals surface area contributed by atoms with Crippen LogP contribution in [0.3, 0.4) is 0 Å². The fourth-order valence-corrected chi connectivity index (χ4v) is 3.15. The predicted molar refractivity (Wildman–Crippen MR) is 91.0 cm³/mol. The molecule has 0 radical (unpaired) electrons. The van der Waals surface area contributed by atoms with Gasteiger partial charge < -0.3 is 15.7 Å². The lowest BCUT2D eigenvalue weighted by Gasteiger charge is -2.38. The highest BCUT2D eigenvalue weighted by Crippen LogP contribution is 2.27. The van der Waals surface area contributed by atoms with Gasteiger partial charge in [-0.25, -0.2) is 4.39 Å². The Morgan fingerprint density at radius 3 is 2.46 bits per heavy atom. The molecule has 0 spiro atoms. The number of nitrogens with zero attached hydrogens (tertiary/aromatic N) is 1. The Morgan fingerprint density at radius 1 is 1.17 bits per heavy atom. The number of carbonyl (C=O) groups excluding carboxylic acids is 1. The van der Waals surface area contributed by atoms with Crippen molar-refractivity contribution in [2.24, 2.45) is 0 Å². The van der Waals surface area contributed by atoms with Gasteiger partial charge in [0.2, 0.25) is 0 Å². The summed E-state index contributed by atoms with van der Waals surface area (Å²) in [7, 11) is 0. The van der Waals surface area contributed by atoms with Gasteiger partial charge in [-0.15, -0.1) is 0 Å². The van der Waals surface area contributed by atoms with Gasteiger partial charge in [0.1, 0.15) is 5.82 Å². The molecule has 1 amide bonds. The molecule has 4 nitrogen and oxygen atoms in total. The lowest BCUT2D eigenvalue weighted by atomic mass is 9.85. The molecule has 1 aliphatic rings. The summed E-state index contributed by atoms with van der Waals surface area (Å²) in [6, 6.07) is 13.9. The van der Waals surface area contributed by atoms with E-state index in [0.29, 0.717) is 38.0 Å². The summed E-state index contributed by atoms with van der Waals surface area (Å²) in [5.41, 5.74) is 6.09. The van der Waals surface area contributed by atoms with E-state index in [-0.39, 0.29) is 11.5 Å². The molecule has 1 heterocycles. The van der Waals surface area contributed by atoms with E-state index in [1.54, 1.807) is 4.90 Å². The van der Waals surface area contributed by atoms with Gasteiger partial charge in [0.15, 0.2) is 0 Å². The van der Waals surface area contributed by atoms with Crippen LogP contribution in [0.15, 0.2) is 48.5 Å². The quantitative estimate of drug-likeness (QED) is 0.851. The molecule has 0 bridgehead atoms. The van der Waals surface area contributed by atoms with Crippen molar-refractivity contribution in [3.05, 3.63) is 65.5 Å². The van der Waals surface area contributed by atoms with Crippen molar-refractivity contribution in [2.45, 2.75) is 24.9 Å². The topological polar surface area (TPSA) is 66.6 Å². The first-order valence-corrected chi connectivity index (χ1v) is 8.07. The maximum absolute atomic E-state index is 13.9. The summed E-state index contributed by atoms with van der Waals surface area (Å²) in [4.78, 5) is 14.1. The first kappa shape index (κ1) is 16.5. The van der Waals surface area contributed by atoms with Crippen LogP contribution in [-0.4, -0.2) is 34.6 Å². The number of hydrogen-bond donors (Lipinski definition) is 2. The highest BCUT2D eigenvalue weighted by Gasteiger charge is 2.34. The fraction of sp³-hybridized carbons (Fsp3) is 0.316. The van der Waals surface area contributed by atoms with Crippen molar-refractivity contribution in [1.29, 1.82) is 0 Å². The monoisotopic (exact) mass is 328 g/mol. The van der Waals surface area contributed by atoms with Crippen LogP contribution in [0.1, 0.15) is 28.8 Å². The number of carbonyl (C=O) groups is 1. The molecule has 5 heteroatoms. The standard InChI is InChI=1S/C19H21FN2O2/c20-17-12-15(21)6-7-16(17)18(23)22-10-8-19(24,9-11-22)13-14-4-2-1-3-5-14/h1-7,12,24H,8-11,13,21H2. The number of benzene rings is 2. The minimum atomic E-state index is -0.822. The minimum absolute atomic E-state index is 0.0256. The number of amides is 1. The molecule has 0 saturated carbocycles. The van der Waals surface area contributed by atoms with Gasteiger partial charge >= 0.3 is 0 Å². The van der Waals surface area contributed by atoms with E-state index in [1.807, 2.05) is 30.3 Å². The van der Waals surface area contributed by atoms with Crippen LogP contribution in [0.25, 0.3) is 0 Å². The number of nitrogens with two attached hydrogens (primary N) is 1. The van der Waals surface area contributed by atoms with Crippen molar-refractivity contribution in [2.75, 3.05) is 18.8 Å². The molecule has 24 heavy (non-hydrogen) atoms. The van der Waals surface area contributed by atoms with Crippen molar-refractivity contribution in [3.63, 3.8) is 0 Å². The SMILES string of the molecule is Nc1ccc(C(=O)N2CCC(O)(Cc3ccccc3)CC2)c(F)c1.